The molecular weight excluding hydrogens is 298 g/mol. The normalized spacial score (nSPS) is 18.8. The fourth-order valence-electron chi connectivity index (χ4n) is 2.93. The zero-order valence-corrected chi connectivity index (χ0v) is 13.5. The van der Waals surface area contributed by atoms with Crippen molar-refractivity contribution < 1.29 is 14.7 Å². The third kappa shape index (κ3) is 3.30. The number of aryl methyl sites for hydroxylation is 1. The molecule has 1 spiro atoms. The molecule has 8 heteroatoms. The molecule has 0 aliphatic carbocycles. The number of amides is 1. The predicted octanol–water partition coefficient (Wildman–Crippen LogP) is 0.681. The van der Waals surface area contributed by atoms with Gasteiger partial charge in [0.05, 0.1) is 6.20 Å². The number of nitrogens with zero attached hydrogens (tertiary/aromatic N) is 4. The van der Waals surface area contributed by atoms with Crippen LogP contribution >= 0.6 is 0 Å². The molecule has 0 atom stereocenters. The van der Waals surface area contributed by atoms with Crippen molar-refractivity contribution in [2.24, 2.45) is 4.99 Å². The molecule has 1 amide bonds. The third-order valence-corrected chi connectivity index (χ3v) is 4.32. The molecule has 0 radical (unpaired) electrons. The first-order valence-corrected chi connectivity index (χ1v) is 7.43. The molecule has 23 heavy (non-hydrogen) atoms. The Hall–Kier alpha value is -2.51. The summed E-state index contributed by atoms with van der Waals surface area (Å²) in [7, 11) is 0. The Labute approximate surface area is 134 Å². The minimum Gasteiger partial charge on any atom is -0.483 e. The maximum atomic E-state index is 12.1. The highest BCUT2D eigenvalue weighted by Gasteiger charge is 2.45. The van der Waals surface area contributed by atoms with Gasteiger partial charge in [-0.15, -0.1) is 5.10 Å². The van der Waals surface area contributed by atoms with Crippen LogP contribution in [0.15, 0.2) is 11.2 Å². The van der Waals surface area contributed by atoms with E-state index in [2.05, 4.69) is 32.3 Å². The molecule has 8 nitrogen and oxygen atoms in total. The van der Waals surface area contributed by atoms with Crippen LogP contribution < -0.4 is 10.2 Å². The van der Waals surface area contributed by atoms with Gasteiger partial charge in [-0.3, -0.25) is 14.6 Å². The van der Waals surface area contributed by atoms with Crippen LogP contribution in [0.5, 0.6) is 0 Å². The Kier molecular flexibility index (Phi) is 4.92. The summed E-state index contributed by atoms with van der Waals surface area (Å²) in [6.45, 7) is 7.26. The highest BCUT2D eigenvalue weighted by Crippen LogP contribution is 2.32. The molecule has 1 aromatic heterocycles. The number of piperidine rings is 1. The second-order valence-electron chi connectivity index (χ2n) is 5.75. The van der Waals surface area contributed by atoms with Crippen LogP contribution in [0.25, 0.3) is 0 Å². The lowest BCUT2D eigenvalue weighted by Gasteiger charge is -2.36. The van der Waals surface area contributed by atoms with Crippen molar-refractivity contribution >= 4 is 24.0 Å². The van der Waals surface area contributed by atoms with E-state index in [1.165, 1.54) is 0 Å². The first-order valence-electron chi connectivity index (χ1n) is 7.43. The van der Waals surface area contributed by atoms with Gasteiger partial charge in [-0.2, -0.15) is 5.10 Å². The second kappa shape index (κ2) is 6.72. The summed E-state index contributed by atoms with van der Waals surface area (Å²) >= 11 is 0. The summed E-state index contributed by atoms with van der Waals surface area (Å²) in [5.41, 5.74) is 1.75. The lowest BCUT2D eigenvalue weighted by molar-refractivity contribution is -0.124. The first-order chi connectivity index (χ1) is 10.9. The number of hydrogen-bond acceptors (Lipinski definition) is 6. The van der Waals surface area contributed by atoms with Crippen LogP contribution in [0.3, 0.4) is 0 Å². The van der Waals surface area contributed by atoms with Gasteiger partial charge >= 0.3 is 0 Å². The maximum Gasteiger partial charge on any atom is 0.290 e. The fourth-order valence-corrected chi connectivity index (χ4v) is 2.93. The van der Waals surface area contributed by atoms with E-state index in [4.69, 9.17) is 9.90 Å². The number of anilines is 1. The molecule has 0 aromatic carbocycles. The summed E-state index contributed by atoms with van der Waals surface area (Å²) in [6, 6.07) is 0. The van der Waals surface area contributed by atoms with E-state index >= 15 is 0 Å². The first kappa shape index (κ1) is 16.9. The van der Waals surface area contributed by atoms with Gasteiger partial charge in [-0.05, 0) is 44.7 Å². The summed E-state index contributed by atoms with van der Waals surface area (Å²) in [5, 5.41) is 18.0. The smallest absolute Gasteiger partial charge is 0.290 e. The Balaban J connectivity index is 0.000000595. The van der Waals surface area contributed by atoms with Crippen molar-refractivity contribution in [1.29, 1.82) is 0 Å². The number of carbonyl (C=O) groups is 2. The Morgan fingerprint density at radius 3 is 2.43 bits per heavy atom. The minimum absolute atomic E-state index is 0.0432. The number of aliphatic imine (C=N–C) groups is 1. The summed E-state index contributed by atoms with van der Waals surface area (Å²) < 4.78 is 0. The number of nitrogens with one attached hydrogen (secondary N) is 1. The Morgan fingerprint density at radius 1 is 1.30 bits per heavy atom. The van der Waals surface area contributed by atoms with E-state index in [1.807, 2.05) is 13.8 Å². The van der Waals surface area contributed by atoms with Gasteiger partial charge in [0.15, 0.2) is 5.82 Å². The zero-order valence-electron chi connectivity index (χ0n) is 13.5. The quantitative estimate of drug-likeness (QED) is 0.737. The van der Waals surface area contributed by atoms with Crippen molar-refractivity contribution in [3.05, 3.63) is 17.3 Å². The zero-order chi connectivity index (χ0) is 17.0. The van der Waals surface area contributed by atoms with Crippen LogP contribution in [0.2, 0.25) is 0 Å². The van der Waals surface area contributed by atoms with E-state index in [9.17, 15) is 4.79 Å². The average Bonchev–Trinajstić information content (AvgIpc) is 2.78. The SMILES string of the molecule is CC1=NC2(CCN(c3nncc(C)c3C)CC2)C(=O)N1.O=CO. The highest BCUT2D eigenvalue weighted by atomic mass is 16.3. The van der Waals surface area contributed by atoms with Crippen molar-refractivity contribution in [3.63, 3.8) is 0 Å². The van der Waals surface area contributed by atoms with Gasteiger partial charge in [0.2, 0.25) is 0 Å². The van der Waals surface area contributed by atoms with Gasteiger partial charge in [0.1, 0.15) is 11.4 Å². The molecule has 1 aromatic rings. The lowest BCUT2D eigenvalue weighted by atomic mass is 9.88. The topological polar surface area (TPSA) is 108 Å². The molecule has 124 valence electrons. The fraction of sp³-hybridized carbons (Fsp3) is 0.533. The Bertz CT molecular complexity index is 636. The molecular formula is C15H21N5O3. The van der Waals surface area contributed by atoms with E-state index < -0.39 is 5.54 Å². The Morgan fingerprint density at radius 2 is 1.91 bits per heavy atom. The van der Waals surface area contributed by atoms with Crippen LogP contribution in [0.4, 0.5) is 5.82 Å². The molecule has 0 unspecified atom stereocenters. The standard InChI is InChI=1S/C14H19N5O.CH2O2/c1-9-8-15-18-12(10(9)2)19-6-4-14(5-7-19)13(20)16-11(3)17-14;2-1-3/h8H,4-7H2,1-3H3,(H,16,17,20);1H,(H,2,3). The van der Waals surface area contributed by atoms with E-state index in [0.717, 1.165) is 48.7 Å². The molecule has 0 bridgehead atoms. The van der Waals surface area contributed by atoms with E-state index in [-0.39, 0.29) is 12.4 Å². The van der Waals surface area contributed by atoms with Gasteiger partial charge in [-0.25, -0.2) is 0 Å². The molecule has 2 aliphatic heterocycles. The van der Waals surface area contributed by atoms with Crippen molar-refractivity contribution in [1.82, 2.24) is 15.5 Å². The molecule has 3 rings (SSSR count). The number of rotatable bonds is 1. The minimum atomic E-state index is -0.550. The van der Waals surface area contributed by atoms with Crippen LogP contribution in [-0.2, 0) is 9.59 Å². The number of carboxylic acid groups (broad SMARTS) is 1. The highest BCUT2D eigenvalue weighted by molar-refractivity contribution is 6.07. The molecule has 3 heterocycles. The molecule has 2 aliphatic rings. The summed E-state index contributed by atoms with van der Waals surface area (Å²) in [6.07, 6.45) is 3.23. The van der Waals surface area contributed by atoms with Gasteiger partial charge in [0.25, 0.3) is 12.4 Å². The van der Waals surface area contributed by atoms with Gasteiger partial charge in [-0.1, -0.05) is 0 Å². The lowest BCUT2D eigenvalue weighted by Crippen LogP contribution is -2.49. The van der Waals surface area contributed by atoms with Crippen LogP contribution in [0, 0.1) is 13.8 Å². The largest absolute Gasteiger partial charge is 0.483 e. The maximum absolute atomic E-state index is 12.1. The number of amidine groups is 1. The number of hydrogen-bond donors (Lipinski definition) is 2. The molecule has 2 N–H and O–H groups in total. The van der Waals surface area contributed by atoms with Crippen LogP contribution in [-0.4, -0.2) is 52.1 Å². The number of carbonyl (C=O) groups excluding carboxylic acids is 1. The number of aromatic nitrogens is 2. The summed E-state index contributed by atoms with van der Waals surface area (Å²) in [4.78, 5) is 27.1. The van der Waals surface area contributed by atoms with Gasteiger partial charge < -0.3 is 15.3 Å². The van der Waals surface area contributed by atoms with Crippen LogP contribution in [0.1, 0.15) is 30.9 Å². The van der Waals surface area contributed by atoms with E-state index in [1.54, 1.807) is 6.20 Å². The second-order valence-corrected chi connectivity index (χ2v) is 5.75. The summed E-state index contributed by atoms with van der Waals surface area (Å²) in [5.74, 6) is 1.70. The average molecular weight is 319 g/mol. The predicted molar refractivity (Wildman–Crippen MR) is 85.6 cm³/mol. The van der Waals surface area contributed by atoms with Crippen molar-refractivity contribution in [2.45, 2.75) is 39.2 Å². The van der Waals surface area contributed by atoms with Gasteiger partial charge in [0, 0.05) is 13.1 Å². The molecule has 1 saturated heterocycles. The monoisotopic (exact) mass is 319 g/mol. The molecule has 1 fully saturated rings. The van der Waals surface area contributed by atoms with Crippen molar-refractivity contribution in [2.75, 3.05) is 18.0 Å². The molecule has 0 saturated carbocycles. The third-order valence-electron chi connectivity index (χ3n) is 4.32. The van der Waals surface area contributed by atoms with Crippen molar-refractivity contribution in [3.8, 4) is 0 Å². The van der Waals surface area contributed by atoms with E-state index in [0.29, 0.717) is 0 Å².